The normalized spacial score (nSPS) is 13.1. The summed E-state index contributed by atoms with van der Waals surface area (Å²) in [6.45, 7) is 3.63. The van der Waals surface area contributed by atoms with E-state index in [1.54, 1.807) is 11.6 Å². The highest BCUT2D eigenvalue weighted by Gasteiger charge is 2.30. The van der Waals surface area contributed by atoms with E-state index in [-0.39, 0.29) is 19.1 Å². The Labute approximate surface area is 153 Å². The van der Waals surface area contributed by atoms with Crippen LogP contribution in [-0.2, 0) is 12.7 Å². The number of aliphatic hydroxyl groups is 1. The van der Waals surface area contributed by atoms with Crippen LogP contribution in [0.15, 0.2) is 24.3 Å². The lowest BCUT2D eigenvalue weighted by atomic mass is 10.1. The second kappa shape index (κ2) is 7.15. The van der Waals surface area contributed by atoms with Gasteiger partial charge in [0.25, 0.3) is 0 Å². The third-order valence-corrected chi connectivity index (χ3v) is 4.25. The number of hydrogen-bond acceptors (Lipinski definition) is 5. The minimum atomic E-state index is -4.38. The quantitative estimate of drug-likeness (QED) is 0.735. The number of rotatable bonds is 5. The molecule has 3 rings (SSSR count). The van der Waals surface area contributed by atoms with Gasteiger partial charge < -0.3 is 9.84 Å². The number of methoxy groups -OCH3 is 1. The van der Waals surface area contributed by atoms with Crippen LogP contribution in [0.2, 0.25) is 0 Å². The summed E-state index contributed by atoms with van der Waals surface area (Å²) in [5.41, 5.74) is 1.03. The second-order valence-corrected chi connectivity index (χ2v) is 6.30. The Balaban J connectivity index is 2.07. The van der Waals surface area contributed by atoms with Gasteiger partial charge in [0.05, 0.1) is 31.5 Å². The molecule has 0 radical (unpaired) electrons. The summed E-state index contributed by atoms with van der Waals surface area (Å²) in [4.78, 5) is 8.69. The van der Waals surface area contributed by atoms with E-state index in [0.717, 1.165) is 12.1 Å². The molecule has 1 unspecified atom stereocenters. The highest BCUT2D eigenvalue weighted by atomic mass is 19.4. The number of fused-ring (bicyclic) bond motifs is 1. The van der Waals surface area contributed by atoms with E-state index in [9.17, 15) is 18.3 Å². The van der Waals surface area contributed by atoms with E-state index >= 15 is 0 Å². The van der Waals surface area contributed by atoms with Crippen molar-refractivity contribution < 1.29 is 23.0 Å². The highest BCUT2D eigenvalue weighted by molar-refractivity contribution is 5.84. The molecule has 1 N–H and O–H groups in total. The average molecular weight is 380 g/mol. The van der Waals surface area contributed by atoms with Crippen LogP contribution in [0, 0.1) is 6.92 Å². The monoisotopic (exact) mass is 380 g/mol. The number of alkyl halides is 3. The Morgan fingerprint density at radius 1 is 1.19 bits per heavy atom. The molecule has 1 aromatic carbocycles. The number of benzene rings is 1. The first-order valence-corrected chi connectivity index (χ1v) is 8.30. The van der Waals surface area contributed by atoms with Crippen molar-refractivity contribution in [2.24, 2.45) is 0 Å². The molecule has 6 nitrogen and oxygen atoms in total. The van der Waals surface area contributed by atoms with Crippen LogP contribution in [0.1, 0.15) is 35.5 Å². The Kier molecular flexibility index (Phi) is 5.05. The molecule has 0 aliphatic heterocycles. The van der Waals surface area contributed by atoms with Crippen molar-refractivity contribution >= 4 is 11.0 Å². The Hall–Kier alpha value is -2.68. The Bertz CT molecular complexity index is 952. The van der Waals surface area contributed by atoms with Crippen LogP contribution in [0.25, 0.3) is 11.0 Å². The zero-order valence-corrected chi connectivity index (χ0v) is 15.1. The van der Waals surface area contributed by atoms with Gasteiger partial charge in [0, 0.05) is 5.92 Å². The van der Waals surface area contributed by atoms with E-state index in [2.05, 4.69) is 15.1 Å². The fourth-order valence-electron chi connectivity index (χ4n) is 2.83. The van der Waals surface area contributed by atoms with E-state index in [1.807, 2.05) is 6.92 Å². The van der Waals surface area contributed by atoms with Crippen LogP contribution in [-0.4, -0.2) is 38.6 Å². The highest BCUT2D eigenvalue weighted by Crippen LogP contribution is 2.32. The van der Waals surface area contributed by atoms with Gasteiger partial charge in [-0.15, -0.1) is 0 Å². The number of nitrogens with zero attached hydrogens (tertiary/aromatic N) is 4. The molecule has 1 atom stereocenters. The molecule has 2 heterocycles. The van der Waals surface area contributed by atoms with Crippen molar-refractivity contribution in [3.63, 3.8) is 0 Å². The molecule has 0 saturated carbocycles. The summed E-state index contributed by atoms with van der Waals surface area (Å²) in [6, 6.07) is 4.91. The van der Waals surface area contributed by atoms with E-state index in [0.29, 0.717) is 34.0 Å². The van der Waals surface area contributed by atoms with E-state index in [1.165, 1.54) is 19.2 Å². The van der Waals surface area contributed by atoms with Gasteiger partial charge in [0.1, 0.15) is 11.2 Å². The van der Waals surface area contributed by atoms with Crippen molar-refractivity contribution in [3.8, 4) is 5.88 Å². The number of halogens is 3. The molecule has 144 valence electrons. The first-order valence-electron chi connectivity index (χ1n) is 8.30. The van der Waals surface area contributed by atoms with E-state index < -0.39 is 11.7 Å². The van der Waals surface area contributed by atoms with Crippen molar-refractivity contribution in [1.82, 2.24) is 19.7 Å². The van der Waals surface area contributed by atoms with Crippen LogP contribution >= 0.6 is 0 Å². The van der Waals surface area contributed by atoms with E-state index in [4.69, 9.17) is 4.74 Å². The summed E-state index contributed by atoms with van der Waals surface area (Å²) >= 11 is 0. The fourth-order valence-corrected chi connectivity index (χ4v) is 2.83. The van der Waals surface area contributed by atoms with Gasteiger partial charge in [0.2, 0.25) is 5.88 Å². The first-order chi connectivity index (χ1) is 12.7. The lowest BCUT2D eigenvalue weighted by Gasteiger charge is -2.08. The molecule has 0 spiro atoms. The Morgan fingerprint density at radius 3 is 2.41 bits per heavy atom. The van der Waals surface area contributed by atoms with Crippen LogP contribution < -0.4 is 4.74 Å². The maximum Gasteiger partial charge on any atom is 0.416 e. The van der Waals surface area contributed by atoms with Crippen molar-refractivity contribution in [2.45, 2.75) is 32.5 Å². The molecule has 3 aromatic rings. The summed E-state index contributed by atoms with van der Waals surface area (Å²) in [7, 11) is 1.49. The number of aromatic nitrogens is 4. The number of ether oxygens (including phenoxy) is 1. The first kappa shape index (κ1) is 19.1. The number of aryl methyl sites for hydroxylation is 1. The summed E-state index contributed by atoms with van der Waals surface area (Å²) in [6.07, 6.45) is -4.38. The molecule has 0 amide bonds. The van der Waals surface area contributed by atoms with Crippen LogP contribution in [0.4, 0.5) is 13.2 Å². The smallest absolute Gasteiger partial charge is 0.416 e. The van der Waals surface area contributed by atoms with Crippen molar-refractivity contribution in [2.75, 3.05) is 13.7 Å². The zero-order valence-electron chi connectivity index (χ0n) is 15.1. The van der Waals surface area contributed by atoms with Gasteiger partial charge in [-0.2, -0.15) is 23.3 Å². The summed E-state index contributed by atoms with van der Waals surface area (Å²) in [5, 5.41) is 14.7. The fraction of sp³-hybridized carbons (Fsp3) is 0.389. The molecule has 0 aliphatic carbocycles. The predicted molar refractivity (Wildman–Crippen MR) is 92.7 cm³/mol. The molecule has 9 heteroatoms. The minimum absolute atomic E-state index is 0.122. The summed E-state index contributed by atoms with van der Waals surface area (Å²) < 4.78 is 45.2. The van der Waals surface area contributed by atoms with Crippen LogP contribution in [0.3, 0.4) is 0 Å². The zero-order chi connectivity index (χ0) is 19.8. The molecule has 0 bridgehead atoms. The molecule has 0 aliphatic rings. The number of aliphatic hydroxyl groups excluding tert-OH is 1. The van der Waals surface area contributed by atoms with Gasteiger partial charge >= 0.3 is 6.18 Å². The average Bonchev–Trinajstić information content (AvgIpc) is 2.98. The molecule has 27 heavy (non-hydrogen) atoms. The third-order valence-electron chi connectivity index (χ3n) is 4.25. The van der Waals surface area contributed by atoms with Crippen molar-refractivity contribution in [3.05, 3.63) is 46.9 Å². The second-order valence-electron chi connectivity index (χ2n) is 6.30. The van der Waals surface area contributed by atoms with Gasteiger partial charge in [-0.05, 0) is 24.6 Å². The number of hydrogen-bond donors (Lipinski definition) is 1. The van der Waals surface area contributed by atoms with Gasteiger partial charge in [-0.1, -0.05) is 19.1 Å². The van der Waals surface area contributed by atoms with Gasteiger partial charge in [-0.3, -0.25) is 0 Å². The standard InChI is InChI=1S/C18H19F3N4O2/c1-10(9-26)15-14-16(22-11(2)23-17(14)27-3)25(24-15)8-12-4-6-13(7-5-12)18(19,20)21/h4-7,10,26H,8-9H2,1-3H3. The van der Waals surface area contributed by atoms with Gasteiger partial charge in [0.15, 0.2) is 5.65 Å². The van der Waals surface area contributed by atoms with Gasteiger partial charge in [-0.25, -0.2) is 9.67 Å². The molecular formula is C18H19F3N4O2. The van der Waals surface area contributed by atoms with Crippen molar-refractivity contribution in [1.29, 1.82) is 0 Å². The summed E-state index contributed by atoms with van der Waals surface area (Å²) in [5.74, 6) is 0.559. The molecule has 0 fully saturated rings. The maximum atomic E-state index is 12.7. The molecular weight excluding hydrogens is 361 g/mol. The minimum Gasteiger partial charge on any atom is -0.480 e. The predicted octanol–water partition coefficient (Wildman–Crippen LogP) is 3.31. The lowest BCUT2D eigenvalue weighted by Crippen LogP contribution is -2.07. The largest absolute Gasteiger partial charge is 0.480 e. The molecule has 2 aromatic heterocycles. The van der Waals surface area contributed by atoms with Crippen LogP contribution in [0.5, 0.6) is 5.88 Å². The topological polar surface area (TPSA) is 73.1 Å². The Morgan fingerprint density at radius 2 is 1.85 bits per heavy atom. The lowest BCUT2D eigenvalue weighted by molar-refractivity contribution is -0.137. The SMILES string of the molecule is COc1nc(C)nc2c1c(C(C)CO)nn2Cc1ccc(C(F)(F)F)cc1. The maximum absolute atomic E-state index is 12.7. The molecule has 0 saturated heterocycles. The third kappa shape index (κ3) is 3.73.